The lowest BCUT2D eigenvalue weighted by Gasteiger charge is -2.26. The van der Waals surface area contributed by atoms with Gasteiger partial charge in [-0.25, -0.2) is 28.8 Å². The fourth-order valence-electron chi connectivity index (χ4n) is 7.24. The molecule has 1 fully saturated rings. The average molecular weight is 1080 g/mol. The fourth-order valence-corrected chi connectivity index (χ4v) is 7.24. The molecule has 0 heterocycles. The summed E-state index contributed by atoms with van der Waals surface area (Å²) in [6.07, 6.45) is 7.88. The zero-order chi connectivity index (χ0) is 56.1. The minimum absolute atomic E-state index is 0.00394. The third kappa shape index (κ3) is 19.8. The molecule has 0 radical (unpaired) electrons. The quantitative estimate of drug-likeness (QED) is 0.0111. The molecule has 412 valence electrons. The SMILES string of the molecule is C=COCCOC(=O)c1cc(OC(=O)C2CCC(C(=O)Oc3ccc(OC(=O)c4ccc(OCCCCOC(=O)C=C)cc4)c(C(=O)OCCOC=C)c3)CC2)ccc1OC(=O)c1ccc(OCCCCOC(=O)C=C)cc1. The first kappa shape index (κ1) is 59.7. The Morgan fingerprint density at radius 2 is 0.756 bits per heavy atom. The van der Waals surface area contributed by atoms with Gasteiger partial charge in [-0.1, -0.05) is 26.3 Å². The van der Waals surface area contributed by atoms with Crippen molar-refractivity contribution in [2.24, 2.45) is 11.8 Å². The number of esters is 8. The Labute approximate surface area is 450 Å². The first-order valence-corrected chi connectivity index (χ1v) is 24.8. The predicted molar refractivity (Wildman–Crippen MR) is 277 cm³/mol. The maximum Gasteiger partial charge on any atom is 0.343 e. The van der Waals surface area contributed by atoms with Gasteiger partial charge < -0.3 is 56.8 Å². The minimum atomic E-state index is -0.896. The van der Waals surface area contributed by atoms with E-state index >= 15 is 0 Å². The molecular weight excluding hydrogens is 1020 g/mol. The molecule has 4 aromatic rings. The first-order valence-electron chi connectivity index (χ1n) is 24.8. The van der Waals surface area contributed by atoms with Crippen LogP contribution in [-0.2, 0) is 47.6 Å². The van der Waals surface area contributed by atoms with E-state index in [0.29, 0.717) is 50.4 Å². The topological polar surface area (TPSA) is 247 Å². The van der Waals surface area contributed by atoms with E-state index in [4.69, 9.17) is 56.8 Å². The van der Waals surface area contributed by atoms with Crippen molar-refractivity contribution >= 4 is 47.8 Å². The van der Waals surface area contributed by atoms with Crippen molar-refractivity contribution in [3.8, 4) is 34.5 Å². The van der Waals surface area contributed by atoms with Crippen molar-refractivity contribution in [2.45, 2.75) is 51.4 Å². The fraction of sp³-hybridized carbons (Fsp3) is 0.310. The van der Waals surface area contributed by atoms with Gasteiger partial charge in [0.25, 0.3) is 0 Å². The van der Waals surface area contributed by atoms with Crippen LogP contribution in [0.15, 0.2) is 136 Å². The molecule has 78 heavy (non-hydrogen) atoms. The summed E-state index contributed by atoms with van der Waals surface area (Å²) in [5.41, 5.74) is -0.145. The zero-order valence-electron chi connectivity index (χ0n) is 42.9. The molecule has 4 aromatic carbocycles. The molecule has 0 saturated heterocycles. The van der Waals surface area contributed by atoms with Crippen LogP contribution >= 0.6 is 0 Å². The van der Waals surface area contributed by atoms with Crippen molar-refractivity contribution in [1.29, 1.82) is 0 Å². The lowest BCUT2D eigenvalue weighted by atomic mass is 9.82. The number of ether oxygens (including phenoxy) is 12. The summed E-state index contributed by atoms with van der Waals surface area (Å²) in [4.78, 5) is 102. The number of carbonyl (C=O) groups is 8. The smallest absolute Gasteiger partial charge is 0.343 e. The van der Waals surface area contributed by atoms with Gasteiger partial charge >= 0.3 is 47.8 Å². The molecule has 0 aliphatic heterocycles. The Morgan fingerprint density at radius 3 is 1.12 bits per heavy atom. The van der Waals surface area contributed by atoms with Gasteiger partial charge in [0.15, 0.2) is 0 Å². The zero-order valence-corrected chi connectivity index (χ0v) is 42.9. The van der Waals surface area contributed by atoms with E-state index in [1.165, 1.54) is 73.2 Å². The standard InChI is InChI=1S/C58H60O20/c1-5-51(59)71-31-11-9-29-69-43-21-17-41(18-22-43)55(63)77-49-27-25-45(37-47(49)57(65)73-35-33-67-7-3)75-53(61)39-13-15-40(16-14-39)54(62)76-46-26-28-50(48(38-46)58(66)74-36-34-68-8-4)78-56(64)42-19-23-44(24-20-42)70-30-10-12-32-72-52(60)6-2/h5-8,17-28,37-40H,1-4,9-16,29-36H2. The van der Waals surface area contributed by atoms with Gasteiger partial charge in [0.05, 0.1) is 61.9 Å². The highest BCUT2D eigenvalue weighted by atomic mass is 16.6. The second kappa shape index (κ2) is 32.3. The van der Waals surface area contributed by atoms with Crippen LogP contribution in [0.2, 0.25) is 0 Å². The number of benzene rings is 4. The summed E-state index contributed by atoms with van der Waals surface area (Å²) in [6.45, 7) is 14.4. The van der Waals surface area contributed by atoms with Crippen LogP contribution in [0.5, 0.6) is 34.5 Å². The molecule has 0 bridgehead atoms. The normalized spacial score (nSPS) is 13.4. The third-order valence-corrected chi connectivity index (χ3v) is 11.3. The molecule has 0 spiro atoms. The van der Waals surface area contributed by atoms with Gasteiger partial charge in [-0.15, -0.1) is 0 Å². The van der Waals surface area contributed by atoms with Gasteiger partial charge in [-0.05, 0) is 136 Å². The number of unbranched alkanes of at least 4 members (excludes halogenated alkanes) is 2. The van der Waals surface area contributed by atoms with Gasteiger partial charge in [0, 0.05) is 12.2 Å². The Bertz CT molecular complexity index is 2550. The second-order valence-electron chi connectivity index (χ2n) is 16.7. The number of hydrogen-bond donors (Lipinski definition) is 0. The van der Waals surface area contributed by atoms with Crippen LogP contribution in [0.1, 0.15) is 92.8 Å². The maximum atomic E-state index is 13.5. The summed E-state index contributed by atoms with van der Waals surface area (Å²) in [5, 5.41) is 0. The summed E-state index contributed by atoms with van der Waals surface area (Å²) >= 11 is 0. The van der Waals surface area contributed by atoms with E-state index in [9.17, 15) is 38.4 Å². The van der Waals surface area contributed by atoms with Crippen LogP contribution < -0.4 is 28.4 Å². The van der Waals surface area contributed by atoms with Gasteiger partial charge in [-0.3, -0.25) is 9.59 Å². The Balaban J connectivity index is 1.16. The van der Waals surface area contributed by atoms with Crippen LogP contribution in [0.3, 0.4) is 0 Å². The van der Waals surface area contributed by atoms with Crippen molar-refractivity contribution in [2.75, 3.05) is 52.9 Å². The van der Waals surface area contributed by atoms with Gasteiger partial charge in [-0.2, -0.15) is 0 Å². The Kier molecular flexibility index (Phi) is 24.7. The highest BCUT2D eigenvalue weighted by molar-refractivity contribution is 5.98. The molecule has 1 saturated carbocycles. The lowest BCUT2D eigenvalue weighted by Crippen LogP contribution is -2.30. The van der Waals surface area contributed by atoms with Gasteiger partial charge in [0.2, 0.25) is 0 Å². The Morgan fingerprint density at radius 1 is 0.397 bits per heavy atom. The molecule has 1 aliphatic rings. The van der Waals surface area contributed by atoms with Crippen LogP contribution in [0, 0.1) is 11.8 Å². The minimum Gasteiger partial charge on any atom is -0.498 e. The van der Waals surface area contributed by atoms with E-state index in [-0.39, 0.29) is 111 Å². The predicted octanol–water partition coefficient (Wildman–Crippen LogP) is 8.85. The molecule has 0 atom stereocenters. The molecule has 0 N–H and O–H groups in total. The number of hydrogen-bond acceptors (Lipinski definition) is 20. The van der Waals surface area contributed by atoms with Crippen molar-refractivity contribution < 1.29 is 95.2 Å². The van der Waals surface area contributed by atoms with E-state index < -0.39 is 59.6 Å². The van der Waals surface area contributed by atoms with E-state index in [2.05, 4.69) is 26.3 Å². The third-order valence-electron chi connectivity index (χ3n) is 11.3. The molecule has 5 rings (SSSR count). The summed E-state index contributed by atoms with van der Waals surface area (Å²) in [6, 6.07) is 20.0. The molecule has 20 heteroatoms. The molecule has 1 aliphatic carbocycles. The molecule has 0 amide bonds. The largest absolute Gasteiger partial charge is 0.498 e. The highest BCUT2D eigenvalue weighted by Crippen LogP contribution is 2.34. The monoisotopic (exact) mass is 1080 g/mol. The van der Waals surface area contributed by atoms with Crippen molar-refractivity contribution in [1.82, 2.24) is 0 Å². The summed E-state index contributed by atoms with van der Waals surface area (Å²) in [7, 11) is 0. The maximum absolute atomic E-state index is 13.5. The number of carbonyl (C=O) groups excluding carboxylic acids is 8. The van der Waals surface area contributed by atoms with Crippen LogP contribution in [-0.4, -0.2) is 101 Å². The van der Waals surface area contributed by atoms with Gasteiger partial charge in [0.1, 0.15) is 72.1 Å². The second-order valence-corrected chi connectivity index (χ2v) is 16.7. The lowest BCUT2D eigenvalue weighted by molar-refractivity contribution is -0.145. The van der Waals surface area contributed by atoms with E-state index in [0.717, 1.165) is 12.2 Å². The molecular formula is C58H60O20. The molecule has 20 nitrogen and oxygen atoms in total. The van der Waals surface area contributed by atoms with Crippen LogP contribution in [0.4, 0.5) is 0 Å². The number of rotatable bonds is 32. The molecule has 0 aromatic heterocycles. The van der Waals surface area contributed by atoms with Crippen molar-refractivity contribution in [3.05, 3.63) is 158 Å². The first-order chi connectivity index (χ1) is 37.8. The van der Waals surface area contributed by atoms with Crippen LogP contribution in [0.25, 0.3) is 0 Å². The molecule has 0 unspecified atom stereocenters. The van der Waals surface area contributed by atoms with E-state index in [1.54, 1.807) is 24.3 Å². The highest BCUT2D eigenvalue weighted by Gasteiger charge is 2.33. The van der Waals surface area contributed by atoms with E-state index in [1.807, 2.05) is 0 Å². The average Bonchev–Trinajstić information content (AvgIpc) is 3.49. The summed E-state index contributed by atoms with van der Waals surface area (Å²) in [5.74, 6) is -6.38. The summed E-state index contributed by atoms with van der Waals surface area (Å²) < 4.78 is 64.6. The Hall–Kier alpha value is -9.20. The van der Waals surface area contributed by atoms with Crippen molar-refractivity contribution in [3.63, 3.8) is 0 Å².